The summed E-state index contributed by atoms with van der Waals surface area (Å²) in [5, 5.41) is 0. The quantitative estimate of drug-likeness (QED) is 0.545. The third kappa shape index (κ3) is 6.50. The van der Waals surface area contributed by atoms with Crippen molar-refractivity contribution in [2.45, 2.75) is 39.5 Å². The molecule has 0 aromatic rings. The van der Waals surface area contributed by atoms with Gasteiger partial charge in [0.25, 0.3) is 0 Å². The Labute approximate surface area is 116 Å². The van der Waals surface area contributed by atoms with E-state index in [1.807, 2.05) is 52.8 Å². The SMILES string of the molecule is CC=N/C=C\C(OC)N(C)CC(=O)N(C)C(C)(C)C. The van der Waals surface area contributed by atoms with Crippen LogP contribution >= 0.6 is 0 Å². The normalized spacial score (nSPS) is 14.5. The number of amides is 1. The monoisotopic (exact) mass is 269 g/mol. The van der Waals surface area contributed by atoms with Gasteiger partial charge in [0, 0.05) is 32.1 Å². The van der Waals surface area contributed by atoms with Gasteiger partial charge in [-0.15, -0.1) is 0 Å². The predicted octanol–water partition coefficient (Wildman–Crippen LogP) is 1.75. The fraction of sp³-hybridized carbons (Fsp3) is 0.714. The molecule has 0 saturated carbocycles. The third-order valence-electron chi connectivity index (χ3n) is 2.93. The Kier molecular flexibility index (Phi) is 7.56. The van der Waals surface area contributed by atoms with Gasteiger partial charge >= 0.3 is 0 Å². The topological polar surface area (TPSA) is 45.1 Å². The van der Waals surface area contributed by atoms with Crippen molar-refractivity contribution in [1.82, 2.24) is 9.80 Å². The van der Waals surface area contributed by atoms with Crippen LogP contribution in [0.1, 0.15) is 27.7 Å². The van der Waals surface area contributed by atoms with E-state index in [0.29, 0.717) is 6.54 Å². The molecular weight excluding hydrogens is 242 g/mol. The van der Waals surface area contributed by atoms with Gasteiger partial charge in [-0.25, -0.2) is 0 Å². The zero-order valence-corrected chi connectivity index (χ0v) is 13.2. The first-order chi connectivity index (χ1) is 8.73. The summed E-state index contributed by atoms with van der Waals surface area (Å²) in [7, 11) is 5.27. The van der Waals surface area contributed by atoms with Gasteiger partial charge in [-0.05, 0) is 40.8 Å². The van der Waals surface area contributed by atoms with Gasteiger partial charge in [0.15, 0.2) is 0 Å². The molecule has 1 unspecified atom stereocenters. The van der Waals surface area contributed by atoms with E-state index in [9.17, 15) is 4.79 Å². The number of methoxy groups -OCH3 is 1. The summed E-state index contributed by atoms with van der Waals surface area (Å²) in [5.74, 6) is 0.0597. The zero-order valence-electron chi connectivity index (χ0n) is 13.2. The number of rotatable bonds is 6. The first-order valence-electron chi connectivity index (χ1n) is 6.38. The van der Waals surface area contributed by atoms with Crippen molar-refractivity contribution in [1.29, 1.82) is 0 Å². The maximum atomic E-state index is 12.1. The molecule has 0 rings (SSSR count). The number of carbonyl (C=O) groups excluding carboxylic acids is 1. The number of ether oxygens (including phenoxy) is 1. The standard InChI is InChI=1S/C14H27N3O2/c1-8-15-10-9-13(19-7)16(5)11-12(18)17(6)14(2,3)4/h8-10,13H,11H2,1-7H3/b10-9-,15-8?. The Bertz CT molecular complexity index is 332. The number of hydrogen-bond acceptors (Lipinski definition) is 4. The van der Waals surface area contributed by atoms with Crippen molar-refractivity contribution in [3.63, 3.8) is 0 Å². The highest BCUT2D eigenvalue weighted by molar-refractivity contribution is 5.78. The lowest BCUT2D eigenvalue weighted by Crippen LogP contribution is -2.48. The lowest BCUT2D eigenvalue weighted by Gasteiger charge is -2.34. The summed E-state index contributed by atoms with van der Waals surface area (Å²) in [5.41, 5.74) is -0.178. The number of nitrogens with zero attached hydrogens (tertiary/aromatic N) is 3. The maximum Gasteiger partial charge on any atom is 0.237 e. The minimum Gasteiger partial charge on any atom is -0.363 e. The molecule has 5 nitrogen and oxygen atoms in total. The van der Waals surface area contributed by atoms with E-state index < -0.39 is 0 Å². The first kappa shape index (κ1) is 17.8. The average Bonchev–Trinajstić information content (AvgIpc) is 2.32. The molecule has 1 atom stereocenters. The van der Waals surface area contributed by atoms with Crippen LogP contribution in [0.25, 0.3) is 0 Å². The smallest absolute Gasteiger partial charge is 0.237 e. The number of likely N-dealkylation sites (N-methyl/N-ethyl adjacent to an activating group) is 2. The highest BCUT2D eigenvalue weighted by Crippen LogP contribution is 2.11. The maximum absolute atomic E-state index is 12.1. The van der Waals surface area contributed by atoms with Crippen LogP contribution in [0.5, 0.6) is 0 Å². The Balaban J connectivity index is 4.57. The van der Waals surface area contributed by atoms with E-state index in [1.165, 1.54) is 0 Å². The van der Waals surface area contributed by atoms with Crippen LogP contribution in [0.3, 0.4) is 0 Å². The minimum absolute atomic E-state index is 0.0597. The Morgan fingerprint density at radius 1 is 1.37 bits per heavy atom. The second-order valence-electron chi connectivity index (χ2n) is 5.41. The molecule has 0 fully saturated rings. The Morgan fingerprint density at radius 2 is 1.95 bits per heavy atom. The highest BCUT2D eigenvalue weighted by atomic mass is 16.5. The van der Waals surface area contributed by atoms with Crippen molar-refractivity contribution < 1.29 is 9.53 Å². The van der Waals surface area contributed by atoms with Crippen LogP contribution in [0, 0.1) is 0 Å². The summed E-state index contributed by atoms with van der Waals surface area (Å²) < 4.78 is 5.32. The van der Waals surface area contributed by atoms with E-state index in [4.69, 9.17) is 4.74 Å². The molecule has 1 amide bonds. The number of carbonyl (C=O) groups is 1. The van der Waals surface area contributed by atoms with Crippen LogP contribution in [-0.4, -0.2) is 61.4 Å². The highest BCUT2D eigenvalue weighted by Gasteiger charge is 2.24. The summed E-state index contributed by atoms with van der Waals surface area (Å²) in [6.45, 7) is 8.17. The number of aliphatic imine (C=N–C) groups is 1. The molecule has 0 N–H and O–H groups in total. The summed E-state index contributed by atoms with van der Waals surface area (Å²) in [6.07, 6.45) is 4.91. The molecule has 0 heterocycles. The van der Waals surface area contributed by atoms with Crippen LogP contribution in [0.15, 0.2) is 17.3 Å². The second-order valence-corrected chi connectivity index (χ2v) is 5.41. The van der Waals surface area contributed by atoms with Crippen LogP contribution in [-0.2, 0) is 9.53 Å². The molecule has 0 aromatic heterocycles. The molecule has 0 radical (unpaired) electrons. The van der Waals surface area contributed by atoms with Crippen molar-refractivity contribution >= 4 is 12.1 Å². The van der Waals surface area contributed by atoms with Gasteiger partial charge < -0.3 is 9.64 Å². The van der Waals surface area contributed by atoms with Crippen LogP contribution in [0.4, 0.5) is 0 Å². The van der Waals surface area contributed by atoms with Crippen LogP contribution < -0.4 is 0 Å². The molecule has 0 aromatic carbocycles. The molecule has 19 heavy (non-hydrogen) atoms. The van der Waals surface area contributed by atoms with Gasteiger partial charge in [0.2, 0.25) is 5.91 Å². The van der Waals surface area contributed by atoms with Crippen molar-refractivity contribution in [2.24, 2.45) is 4.99 Å². The molecule has 0 saturated heterocycles. The lowest BCUT2D eigenvalue weighted by atomic mass is 10.1. The van der Waals surface area contributed by atoms with E-state index in [0.717, 1.165) is 0 Å². The predicted molar refractivity (Wildman–Crippen MR) is 79.3 cm³/mol. The molecular formula is C14H27N3O2. The molecule has 0 aliphatic rings. The van der Waals surface area contributed by atoms with Gasteiger partial charge in [-0.1, -0.05) is 0 Å². The largest absolute Gasteiger partial charge is 0.363 e. The molecule has 0 aliphatic heterocycles. The van der Waals surface area contributed by atoms with Gasteiger partial charge in [0.1, 0.15) is 6.23 Å². The van der Waals surface area contributed by atoms with Gasteiger partial charge in [0.05, 0.1) is 6.54 Å². The van der Waals surface area contributed by atoms with E-state index in [1.54, 1.807) is 24.4 Å². The third-order valence-corrected chi connectivity index (χ3v) is 2.93. The fourth-order valence-corrected chi connectivity index (χ4v) is 1.40. The van der Waals surface area contributed by atoms with Crippen molar-refractivity contribution in [2.75, 3.05) is 27.7 Å². The van der Waals surface area contributed by atoms with Crippen LogP contribution in [0.2, 0.25) is 0 Å². The van der Waals surface area contributed by atoms with Crippen molar-refractivity contribution in [3.05, 3.63) is 12.3 Å². The molecule has 5 heteroatoms. The zero-order chi connectivity index (χ0) is 15.1. The van der Waals surface area contributed by atoms with Gasteiger partial charge in [-0.2, -0.15) is 0 Å². The summed E-state index contributed by atoms with van der Waals surface area (Å²) in [6, 6.07) is 0. The van der Waals surface area contributed by atoms with E-state index in [2.05, 4.69) is 4.99 Å². The van der Waals surface area contributed by atoms with Gasteiger partial charge in [-0.3, -0.25) is 14.7 Å². The minimum atomic E-state index is -0.263. The first-order valence-corrected chi connectivity index (χ1v) is 6.38. The Hall–Kier alpha value is -1.20. The second kappa shape index (κ2) is 8.07. The molecule has 0 bridgehead atoms. The molecule has 0 aliphatic carbocycles. The number of hydrogen-bond donors (Lipinski definition) is 0. The fourth-order valence-electron chi connectivity index (χ4n) is 1.40. The summed E-state index contributed by atoms with van der Waals surface area (Å²) in [4.78, 5) is 19.7. The molecule has 110 valence electrons. The van der Waals surface area contributed by atoms with Crippen molar-refractivity contribution in [3.8, 4) is 0 Å². The van der Waals surface area contributed by atoms with E-state index in [-0.39, 0.29) is 17.7 Å². The Morgan fingerprint density at radius 3 is 2.37 bits per heavy atom. The summed E-state index contributed by atoms with van der Waals surface area (Å²) >= 11 is 0. The van der Waals surface area contributed by atoms with E-state index >= 15 is 0 Å². The molecule has 0 spiro atoms. The average molecular weight is 269 g/mol. The lowest BCUT2D eigenvalue weighted by molar-refractivity contribution is -0.137.